The second kappa shape index (κ2) is 3.52. The van der Waals surface area contributed by atoms with Gasteiger partial charge in [0.25, 0.3) is 0 Å². The van der Waals surface area contributed by atoms with Gasteiger partial charge in [0, 0.05) is 10.1 Å². The largest absolute Gasteiger partial charge is 0.389 e. The van der Waals surface area contributed by atoms with E-state index in [0.717, 1.165) is 10.1 Å². The summed E-state index contributed by atoms with van der Waals surface area (Å²) in [6.07, 6.45) is 0. The lowest BCUT2D eigenvalue weighted by Gasteiger charge is -1.86. The summed E-state index contributed by atoms with van der Waals surface area (Å²) in [6.45, 7) is 0. The standard InChI is InChI=1S/C8H6ClNS.ClH/c9-7-5-3-1-2-4-6(5)11-8(7)10;/h1-4H,10H2;1H. The topological polar surface area (TPSA) is 26.0 Å². The minimum Gasteiger partial charge on any atom is -0.389 e. The van der Waals surface area contributed by atoms with E-state index >= 15 is 0 Å². The first-order chi connectivity index (χ1) is 5.29. The zero-order chi connectivity index (χ0) is 7.84. The van der Waals surface area contributed by atoms with Crippen molar-refractivity contribution in [1.82, 2.24) is 0 Å². The Hall–Kier alpha value is -0.440. The second-order valence-electron chi connectivity index (χ2n) is 2.28. The normalized spacial score (nSPS) is 9.75. The fraction of sp³-hybridized carbons (Fsp3) is 0. The molecule has 1 heterocycles. The zero-order valence-electron chi connectivity index (χ0n) is 6.08. The van der Waals surface area contributed by atoms with Crippen LogP contribution in [0.2, 0.25) is 5.02 Å². The lowest BCUT2D eigenvalue weighted by atomic mass is 10.3. The van der Waals surface area contributed by atoms with Crippen molar-refractivity contribution in [1.29, 1.82) is 0 Å². The first-order valence-electron chi connectivity index (χ1n) is 3.21. The van der Waals surface area contributed by atoms with Crippen LogP contribution in [0.25, 0.3) is 10.1 Å². The smallest absolute Gasteiger partial charge is 0.106 e. The fourth-order valence-electron chi connectivity index (χ4n) is 1.03. The van der Waals surface area contributed by atoms with Gasteiger partial charge in [-0.25, -0.2) is 0 Å². The molecule has 2 aromatic rings. The van der Waals surface area contributed by atoms with Crippen molar-refractivity contribution < 1.29 is 0 Å². The molecule has 0 saturated heterocycles. The molecule has 0 unspecified atom stereocenters. The molecule has 1 aromatic carbocycles. The van der Waals surface area contributed by atoms with E-state index in [1.165, 1.54) is 11.3 Å². The molecule has 0 radical (unpaired) electrons. The van der Waals surface area contributed by atoms with Crippen LogP contribution in [0.5, 0.6) is 0 Å². The van der Waals surface area contributed by atoms with Crippen LogP contribution >= 0.6 is 35.3 Å². The number of hydrogen-bond donors (Lipinski definition) is 1. The number of rotatable bonds is 0. The Bertz CT molecular complexity index is 397. The van der Waals surface area contributed by atoms with Crippen LogP contribution < -0.4 is 5.73 Å². The zero-order valence-corrected chi connectivity index (χ0v) is 8.47. The van der Waals surface area contributed by atoms with Crippen molar-refractivity contribution in [2.24, 2.45) is 0 Å². The van der Waals surface area contributed by atoms with Crippen molar-refractivity contribution in [2.75, 3.05) is 5.73 Å². The number of fused-ring (bicyclic) bond motifs is 1. The van der Waals surface area contributed by atoms with Crippen molar-refractivity contribution in [2.45, 2.75) is 0 Å². The van der Waals surface area contributed by atoms with E-state index in [1.807, 2.05) is 24.3 Å². The van der Waals surface area contributed by atoms with Gasteiger partial charge in [0.05, 0.1) is 5.02 Å². The molecule has 0 aliphatic carbocycles. The number of anilines is 1. The van der Waals surface area contributed by atoms with E-state index < -0.39 is 0 Å². The molecule has 0 bridgehead atoms. The van der Waals surface area contributed by atoms with Gasteiger partial charge < -0.3 is 5.73 Å². The first-order valence-corrected chi connectivity index (χ1v) is 4.41. The highest BCUT2D eigenvalue weighted by Gasteiger charge is 2.04. The molecule has 0 amide bonds. The summed E-state index contributed by atoms with van der Waals surface area (Å²) < 4.78 is 1.15. The Morgan fingerprint density at radius 2 is 1.92 bits per heavy atom. The van der Waals surface area contributed by atoms with Crippen LogP contribution in [-0.2, 0) is 0 Å². The monoisotopic (exact) mass is 219 g/mol. The quantitative estimate of drug-likeness (QED) is 0.721. The Kier molecular flexibility index (Phi) is 2.83. The summed E-state index contributed by atoms with van der Waals surface area (Å²) in [4.78, 5) is 0. The molecule has 4 heteroatoms. The molecular weight excluding hydrogens is 213 g/mol. The number of benzene rings is 1. The maximum absolute atomic E-state index is 5.93. The van der Waals surface area contributed by atoms with Crippen LogP contribution in [0.15, 0.2) is 24.3 Å². The van der Waals surface area contributed by atoms with Crippen LogP contribution in [0.1, 0.15) is 0 Å². The molecule has 0 aliphatic rings. The molecule has 0 atom stereocenters. The third-order valence-corrected chi connectivity index (χ3v) is 3.08. The van der Waals surface area contributed by atoms with Gasteiger partial charge in [-0.1, -0.05) is 29.8 Å². The Balaban J connectivity index is 0.000000720. The molecule has 1 nitrogen and oxygen atoms in total. The summed E-state index contributed by atoms with van der Waals surface area (Å²) in [7, 11) is 0. The van der Waals surface area contributed by atoms with E-state index in [-0.39, 0.29) is 12.4 Å². The highest BCUT2D eigenvalue weighted by Crippen LogP contribution is 2.36. The second-order valence-corrected chi connectivity index (χ2v) is 3.74. The maximum Gasteiger partial charge on any atom is 0.106 e. The van der Waals surface area contributed by atoms with Crippen LogP contribution in [0.4, 0.5) is 5.00 Å². The summed E-state index contributed by atoms with van der Waals surface area (Å²) in [6, 6.07) is 7.93. The first kappa shape index (κ1) is 9.65. The number of thiophene rings is 1. The number of hydrogen-bond acceptors (Lipinski definition) is 2. The minimum atomic E-state index is 0. The van der Waals surface area contributed by atoms with Crippen molar-refractivity contribution in [3.05, 3.63) is 29.3 Å². The Morgan fingerprint density at radius 3 is 2.58 bits per heavy atom. The molecular formula is C8H7Cl2NS. The van der Waals surface area contributed by atoms with Gasteiger partial charge in [0.1, 0.15) is 5.00 Å². The lowest BCUT2D eigenvalue weighted by Crippen LogP contribution is -1.76. The molecule has 64 valence electrons. The van der Waals surface area contributed by atoms with E-state index in [0.29, 0.717) is 10.0 Å². The van der Waals surface area contributed by atoms with E-state index in [4.69, 9.17) is 17.3 Å². The Labute approximate surface area is 85.5 Å². The maximum atomic E-state index is 5.93. The highest BCUT2D eigenvalue weighted by molar-refractivity contribution is 7.23. The molecule has 2 rings (SSSR count). The van der Waals surface area contributed by atoms with Gasteiger partial charge in [-0.05, 0) is 6.07 Å². The van der Waals surface area contributed by atoms with Crippen molar-refractivity contribution >= 4 is 50.4 Å². The van der Waals surface area contributed by atoms with Crippen LogP contribution in [0.3, 0.4) is 0 Å². The predicted molar refractivity (Wildman–Crippen MR) is 58.5 cm³/mol. The molecule has 2 N–H and O–H groups in total. The number of halogens is 2. The molecule has 0 spiro atoms. The predicted octanol–water partition coefficient (Wildman–Crippen LogP) is 3.56. The van der Waals surface area contributed by atoms with Gasteiger partial charge in [0.2, 0.25) is 0 Å². The van der Waals surface area contributed by atoms with Crippen LogP contribution in [-0.4, -0.2) is 0 Å². The molecule has 12 heavy (non-hydrogen) atoms. The summed E-state index contributed by atoms with van der Waals surface area (Å²) in [5.41, 5.74) is 5.64. The van der Waals surface area contributed by atoms with Crippen molar-refractivity contribution in [3.63, 3.8) is 0 Å². The number of nitrogen functional groups attached to an aromatic ring is 1. The third kappa shape index (κ3) is 1.38. The van der Waals surface area contributed by atoms with Gasteiger partial charge >= 0.3 is 0 Å². The average Bonchev–Trinajstić information content (AvgIpc) is 2.30. The molecule has 0 fully saturated rings. The van der Waals surface area contributed by atoms with Gasteiger partial charge in [0.15, 0.2) is 0 Å². The summed E-state index contributed by atoms with van der Waals surface area (Å²) in [5, 5.41) is 2.44. The van der Waals surface area contributed by atoms with Gasteiger partial charge in [-0.3, -0.25) is 0 Å². The highest BCUT2D eigenvalue weighted by atomic mass is 35.5. The molecule has 0 saturated carbocycles. The number of nitrogens with two attached hydrogens (primary N) is 1. The van der Waals surface area contributed by atoms with Gasteiger partial charge in [-0.15, -0.1) is 23.7 Å². The Morgan fingerprint density at radius 1 is 1.25 bits per heavy atom. The van der Waals surface area contributed by atoms with E-state index in [2.05, 4.69) is 0 Å². The fourth-order valence-corrected chi connectivity index (χ4v) is 2.23. The lowest BCUT2D eigenvalue weighted by molar-refractivity contribution is 1.85. The molecule has 0 aliphatic heterocycles. The van der Waals surface area contributed by atoms with E-state index in [9.17, 15) is 0 Å². The summed E-state index contributed by atoms with van der Waals surface area (Å²) >= 11 is 7.45. The minimum absolute atomic E-state index is 0. The SMILES string of the molecule is Cl.Nc1sc2ccccc2c1Cl. The van der Waals surface area contributed by atoms with Crippen molar-refractivity contribution in [3.8, 4) is 0 Å². The average molecular weight is 220 g/mol. The summed E-state index contributed by atoms with van der Waals surface area (Å²) in [5.74, 6) is 0. The van der Waals surface area contributed by atoms with Gasteiger partial charge in [-0.2, -0.15) is 0 Å². The molecule has 1 aromatic heterocycles. The van der Waals surface area contributed by atoms with Crippen LogP contribution in [0, 0.1) is 0 Å². The van der Waals surface area contributed by atoms with E-state index in [1.54, 1.807) is 0 Å². The third-order valence-electron chi connectivity index (χ3n) is 1.56.